The molecule has 3 atom stereocenters. The standard InChI is InChI=1S/C61H70N2O2P4/c1-49(2)47-61(48-68(64,55-39-23-11-24-40-55)56-41-25-12-26-42-56,63(6)67(53-35-19-9-20-36-53)54-37-21-10-22-38-54)60(69(65,57-43-27-13-28-44-57)58-45-29-14-30-46-58)59(50(3)4)62(5)66(51-31-15-7-16-32-51)52-33-17-8-18-34-52/h7-46,49-50,59-60,64-65,68-69H,47-48H2,1-6H3/t59-,60?,61-/m0/s1. The van der Waals surface area contributed by atoms with Crippen LogP contribution in [0.25, 0.3) is 0 Å². The topological polar surface area (TPSA) is 46.9 Å². The summed E-state index contributed by atoms with van der Waals surface area (Å²) in [5.74, 6) is 0.211. The fourth-order valence-corrected chi connectivity index (χ4v) is 25.4. The zero-order valence-electron chi connectivity index (χ0n) is 41.0. The van der Waals surface area contributed by atoms with Crippen molar-refractivity contribution in [1.82, 2.24) is 9.34 Å². The second-order valence-corrected chi connectivity index (χ2v) is 30.3. The molecule has 8 aromatic carbocycles. The Morgan fingerprint density at radius 2 is 0.710 bits per heavy atom. The summed E-state index contributed by atoms with van der Waals surface area (Å²) in [5, 5.41) is 8.85. The van der Waals surface area contributed by atoms with Gasteiger partial charge in [-0.1, -0.05) is 0 Å². The van der Waals surface area contributed by atoms with Gasteiger partial charge in [-0.15, -0.1) is 0 Å². The van der Waals surface area contributed by atoms with Crippen molar-refractivity contribution in [2.75, 3.05) is 20.3 Å². The van der Waals surface area contributed by atoms with Crippen LogP contribution in [0.4, 0.5) is 0 Å². The SMILES string of the molecule is CC(C)C[C@](C[PH](O)(c1ccccc1)c1ccccc1)(C([C@H](C(C)C)N(C)P(c1ccccc1)c1ccccc1)[PH](O)(c1ccccc1)c1ccccc1)N(C)P(c1ccccc1)c1ccccc1. The third kappa shape index (κ3) is 10.8. The summed E-state index contributed by atoms with van der Waals surface area (Å²) in [4.78, 5) is 30.0. The molecule has 0 spiro atoms. The van der Waals surface area contributed by atoms with Gasteiger partial charge in [-0.25, -0.2) is 0 Å². The molecule has 8 aromatic rings. The molecule has 0 fully saturated rings. The molecular weight excluding hydrogens is 917 g/mol. The van der Waals surface area contributed by atoms with Crippen LogP contribution < -0.4 is 42.4 Å². The molecule has 0 saturated carbocycles. The van der Waals surface area contributed by atoms with E-state index >= 15 is 4.89 Å². The predicted octanol–water partition coefficient (Wildman–Crippen LogP) is 10.7. The summed E-state index contributed by atoms with van der Waals surface area (Å²) in [7, 11) is -5.50. The van der Waals surface area contributed by atoms with E-state index in [1.165, 1.54) is 21.2 Å². The molecule has 0 radical (unpaired) electrons. The van der Waals surface area contributed by atoms with E-state index < -0.39 is 42.3 Å². The molecule has 2 N–H and O–H groups in total. The average molecular weight is 987 g/mol. The molecular formula is C61H70N2O2P4. The van der Waals surface area contributed by atoms with Crippen molar-refractivity contribution in [2.45, 2.75) is 51.4 Å². The molecule has 0 amide bonds. The summed E-state index contributed by atoms with van der Waals surface area (Å²) >= 11 is 0. The van der Waals surface area contributed by atoms with Gasteiger partial charge in [0.05, 0.1) is 0 Å². The van der Waals surface area contributed by atoms with Crippen LogP contribution in [0.5, 0.6) is 0 Å². The van der Waals surface area contributed by atoms with Gasteiger partial charge in [-0.3, -0.25) is 0 Å². The van der Waals surface area contributed by atoms with Crippen LogP contribution >= 0.6 is 31.1 Å². The number of benzene rings is 8. The first kappa shape index (κ1) is 50.7. The second kappa shape index (κ2) is 23.0. The molecule has 0 aliphatic heterocycles. The quantitative estimate of drug-likeness (QED) is 0.0747. The van der Waals surface area contributed by atoms with E-state index in [1.54, 1.807) is 0 Å². The summed E-state index contributed by atoms with van der Waals surface area (Å²) in [6.45, 7) is 9.44. The van der Waals surface area contributed by atoms with Gasteiger partial charge in [0.2, 0.25) is 0 Å². The van der Waals surface area contributed by atoms with Crippen LogP contribution in [-0.2, 0) is 0 Å². The zero-order valence-corrected chi connectivity index (χ0v) is 44.8. The van der Waals surface area contributed by atoms with E-state index in [9.17, 15) is 4.89 Å². The Balaban J connectivity index is 1.57. The van der Waals surface area contributed by atoms with Gasteiger partial charge in [0.25, 0.3) is 0 Å². The molecule has 0 aliphatic carbocycles. The molecule has 0 aromatic heterocycles. The van der Waals surface area contributed by atoms with Gasteiger partial charge < -0.3 is 0 Å². The number of nitrogens with zero attached hydrogens (tertiary/aromatic N) is 2. The Bertz CT molecular complexity index is 2600. The van der Waals surface area contributed by atoms with Crippen LogP contribution in [0, 0.1) is 11.8 Å². The number of rotatable bonds is 20. The Morgan fingerprint density at radius 3 is 1.01 bits per heavy atom. The van der Waals surface area contributed by atoms with Gasteiger partial charge in [-0.2, -0.15) is 0 Å². The zero-order chi connectivity index (χ0) is 48.4. The van der Waals surface area contributed by atoms with E-state index in [4.69, 9.17) is 0 Å². The first-order valence-corrected chi connectivity index (χ1v) is 31.2. The second-order valence-electron chi connectivity index (χ2n) is 19.2. The summed E-state index contributed by atoms with van der Waals surface area (Å²) < 4.78 is 5.41. The van der Waals surface area contributed by atoms with Crippen LogP contribution in [0.1, 0.15) is 34.1 Å². The third-order valence-electron chi connectivity index (χ3n) is 14.0. The first-order chi connectivity index (χ1) is 33.5. The predicted molar refractivity (Wildman–Crippen MR) is 309 cm³/mol. The Labute approximate surface area is 416 Å². The molecule has 8 rings (SSSR count). The van der Waals surface area contributed by atoms with Crippen molar-refractivity contribution in [1.29, 1.82) is 0 Å². The third-order valence-corrected chi connectivity index (χ3v) is 27.0. The molecule has 4 nitrogen and oxygen atoms in total. The van der Waals surface area contributed by atoms with Crippen molar-refractivity contribution in [3.8, 4) is 0 Å². The molecule has 0 aliphatic rings. The van der Waals surface area contributed by atoms with Crippen molar-refractivity contribution in [3.63, 3.8) is 0 Å². The van der Waals surface area contributed by atoms with Crippen LogP contribution in [0.3, 0.4) is 0 Å². The fourth-order valence-electron chi connectivity index (χ4n) is 11.2. The molecule has 8 heteroatoms. The van der Waals surface area contributed by atoms with Crippen molar-refractivity contribution >= 4 is 73.6 Å². The summed E-state index contributed by atoms with van der Waals surface area (Å²) in [5.41, 5.74) is -1.31. The molecule has 0 heterocycles. The average Bonchev–Trinajstić information content (AvgIpc) is 3.39. The fraction of sp³-hybridized carbons (Fsp3) is 0.213. The maximum atomic E-state index is 15.4. The van der Waals surface area contributed by atoms with Crippen molar-refractivity contribution < 1.29 is 9.79 Å². The van der Waals surface area contributed by atoms with Gasteiger partial charge >= 0.3 is 419 Å². The molecule has 69 heavy (non-hydrogen) atoms. The van der Waals surface area contributed by atoms with Gasteiger partial charge in [-0.05, 0) is 0 Å². The van der Waals surface area contributed by atoms with Crippen LogP contribution in [0.2, 0.25) is 0 Å². The van der Waals surface area contributed by atoms with Crippen molar-refractivity contribution in [2.24, 2.45) is 11.8 Å². The molecule has 356 valence electrons. The number of hydrogen-bond donors (Lipinski definition) is 2. The normalized spacial score (nSPS) is 14.6. The summed E-state index contributed by atoms with van der Waals surface area (Å²) in [6, 6.07) is 86.2. The minimum absolute atomic E-state index is 0.0479. The van der Waals surface area contributed by atoms with Crippen LogP contribution in [0.15, 0.2) is 243 Å². The van der Waals surface area contributed by atoms with E-state index in [0.29, 0.717) is 12.6 Å². The first-order valence-electron chi connectivity index (χ1n) is 24.4. The van der Waals surface area contributed by atoms with E-state index in [1.807, 2.05) is 0 Å². The Kier molecular flexibility index (Phi) is 16.9. The molecule has 0 bridgehead atoms. The molecule has 1 unspecified atom stereocenters. The maximum absolute atomic E-state index is 15.4. The van der Waals surface area contributed by atoms with Gasteiger partial charge in [0.1, 0.15) is 0 Å². The monoisotopic (exact) mass is 986 g/mol. The van der Waals surface area contributed by atoms with E-state index in [-0.39, 0.29) is 17.9 Å². The molecule has 0 saturated heterocycles. The minimum atomic E-state index is -4.03. The van der Waals surface area contributed by atoms with E-state index in [0.717, 1.165) is 21.2 Å². The van der Waals surface area contributed by atoms with Crippen LogP contribution in [-0.4, -0.2) is 56.6 Å². The number of hydrogen-bond acceptors (Lipinski definition) is 4. The van der Waals surface area contributed by atoms with Crippen molar-refractivity contribution in [3.05, 3.63) is 243 Å². The Morgan fingerprint density at radius 1 is 0.420 bits per heavy atom. The Hall–Kier alpha value is -4.68. The van der Waals surface area contributed by atoms with Gasteiger partial charge in [0.15, 0.2) is 0 Å². The van der Waals surface area contributed by atoms with Gasteiger partial charge in [0, 0.05) is 0 Å². The summed E-state index contributed by atoms with van der Waals surface area (Å²) in [6.07, 6.45) is 1.15. The van der Waals surface area contributed by atoms with E-state index in [2.05, 4.69) is 294 Å².